The Morgan fingerprint density at radius 3 is 2.64 bits per heavy atom. The van der Waals surface area contributed by atoms with Crippen molar-refractivity contribution in [3.63, 3.8) is 0 Å². The van der Waals surface area contributed by atoms with Crippen LogP contribution in [0, 0.1) is 6.92 Å². The van der Waals surface area contributed by atoms with Crippen molar-refractivity contribution < 1.29 is 14.3 Å². The molecule has 0 saturated carbocycles. The van der Waals surface area contributed by atoms with Crippen molar-refractivity contribution in [2.45, 2.75) is 33.1 Å². The number of hydrogen-bond donors (Lipinski definition) is 0. The van der Waals surface area contributed by atoms with Crippen LogP contribution in [0.1, 0.15) is 36.7 Å². The van der Waals surface area contributed by atoms with Gasteiger partial charge in [-0.2, -0.15) is 0 Å². The number of likely N-dealkylation sites (N-methyl/N-ethyl adjacent to an activating group) is 1. The Labute approximate surface area is 173 Å². The summed E-state index contributed by atoms with van der Waals surface area (Å²) >= 11 is 1.56. The SMILES string of the molecule is C=C(/C=C\C)C1SCC(=O)N1c1ccc(C(=O)OCCN(C)C)cc1C.CC. The van der Waals surface area contributed by atoms with Crippen LogP contribution in [0.3, 0.4) is 0 Å². The summed E-state index contributed by atoms with van der Waals surface area (Å²) in [5.74, 6) is 0.128. The molecule has 28 heavy (non-hydrogen) atoms. The van der Waals surface area contributed by atoms with Crippen LogP contribution in [-0.4, -0.2) is 55.2 Å². The predicted molar refractivity (Wildman–Crippen MR) is 119 cm³/mol. The second-order valence-corrected chi connectivity index (χ2v) is 7.51. The molecule has 0 bridgehead atoms. The normalized spacial score (nSPS) is 16.3. The van der Waals surface area contributed by atoms with Crippen LogP contribution in [0.4, 0.5) is 5.69 Å². The molecule has 0 aromatic heterocycles. The third kappa shape index (κ3) is 6.24. The zero-order valence-corrected chi connectivity index (χ0v) is 18.6. The Kier molecular flexibility index (Phi) is 10.0. The van der Waals surface area contributed by atoms with Gasteiger partial charge >= 0.3 is 5.97 Å². The van der Waals surface area contributed by atoms with Crippen molar-refractivity contribution in [1.29, 1.82) is 0 Å². The largest absolute Gasteiger partial charge is 0.461 e. The van der Waals surface area contributed by atoms with E-state index in [9.17, 15) is 9.59 Å². The van der Waals surface area contributed by atoms with Gasteiger partial charge in [-0.1, -0.05) is 32.6 Å². The number of allylic oxidation sites excluding steroid dienone is 1. The van der Waals surface area contributed by atoms with E-state index in [0.29, 0.717) is 24.5 Å². The molecule has 1 saturated heterocycles. The molecule has 1 heterocycles. The summed E-state index contributed by atoms with van der Waals surface area (Å²) in [5, 5.41) is -0.115. The Morgan fingerprint density at radius 1 is 1.39 bits per heavy atom. The minimum Gasteiger partial charge on any atom is -0.461 e. The van der Waals surface area contributed by atoms with Crippen LogP contribution >= 0.6 is 11.8 Å². The summed E-state index contributed by atoms with van der Waals surface area (Å²) in [6.07, 6.45) is 3.85. The average molecular weight is 405 g/mol. The van der Waals surface area contributed by atoms with Crippen LogP contribution in [0.5, 0.6) is 0 Å². The van der Waals surface area contributed by atoms with Gasteiger partial charge in [0, 0.05) is 12.2 Å². The van der Waals surface area contributed by atoms with E-state index >= 15 is 0 Å². The monoisotopic (exact) mass is 404 g/mol. The van der Waals surface area contributed by atoms with Crippen LogP contribution < -0.4 is 4.90 Å². The van der Waals surface area contributed by atoms with Gasteiger partial charge < -0.3 is 9.64 Å². The molecule has 0 N–H and O–H groups in total. The molecule has 1 fully saturated rings. The lowest BCUT2D eigenvalue weighted by atomic mass is 10.1. The first-order valence-electron chi connectivity index (χ1n) is 9.52. The van der Waals surface area contributed by atoms with E-state index in [1.807, 2.05) is 64.9 Å². The maximum Gasteiger partial charge on any atom is 0.338 e. The van der Waals surface area contributed by atoms with E-state index in [4.69, 9.17) is 4.74 Å². The highest BCUT2D eigenvalue weighted by molar-refractivity contribution is 8.01. The van der Waals surface area contributed by atoms with Gasteiger partial charge in [-0.3, -0.25) is 9.69 Å². The number of hydrogen-bond acceptors (Lipinski definition) is 5. The molecule has 5 nitrogen and oxygen atoms in total. The minimum atomic E-state index is -0.349. The van der Waals surface area contributed by atoms with Crippen LogP contribution in [0.2, 0.25) is 0 Å². The van der Waals surface area contributed by atoms with Crippen molar-refractivity contribution in [1.82, 2.24) is 4.90 Å². The average Bonchev–Trinajstić information content (AvgIpc) is 3.04. The maximum atomic E-state index is 12.4. The van der Waals surface area contributed by atoms with Crippen molar-refractivity contribution in [2.75, 3.05) is 37.9 Å². The van der Waals surface area contributed by atoms with E-state index in [0.717, 1.165) is 16.8 Å². The summed E-state index contributed by atoms with van der Waals surface area (Å²) in [4.78, 5) is 28.3. The topological polar surface area (TPSA) is 49.9 Å². The van der Waals surface area contributed by atoms with Crippen LogP contribution in [0.15, 0.2) is 42.5 Å². The number of thioether (sulfide) groups is 1. The molecule has 0 spiro atoms. The third-order valence-corrected chi connectivity index (χ3v) is 5.27. The van der Waals surface area contributed by atoms with Crippen LogP contribution in [-0.2, 0) is 9.53 Å². The summed E-state index contributed by atoms with van der Waals surface area (Å²) in [6, 6.07) is 5.31. The molecule has 1 aromatic rings. The van der Waals surface area contributed by atoms with E-state index in [1.165, 1.54) is 0 Å². The van der Waals surface area contributed by atoms with Gasteiger partial charge in [0.15, 0.2) is 0 Å². The lowest BCUT2D eigenvalue weighted by Gasteiger charge is -2.26. The molecule has 1 unspecified atom stereocenters. The van der Waals surface area contributed by atoms with E-state index in [1.54, 1.807) is 28.8 Å². The summed E-state index contributed by atoms with van der Waals surface area (Å²) in [7, 11) is 3.85. The van der Waals surface area contributed by atoms with Gasteiger partial charge in [0.05, 0.1) is 11.3 Å². The fourth-order valence-corrected chi connectivity index (χ4v) is 3.82. The first-order chi connectivity index (χ1) is 13.3. The number of anilines is 1. The van der Waals surface area contributed by atoms with E-state index in [-0.39, 0.29) is 17.3 Å². The summed E-state index contributed by atoms with van der Waals surface area (Å²) < 4.78 is 5.28. The van der Waals surface area contributed by atoms with Gasteiger partial charge in [0.25, 0.3) is 0 Å². The molecule has 1 atom stereocenters. The standard InChI is InChI=1S/C20H26N2O3S.C2H6/c1-6-7-14(2)19-22(18(23)13-26-19)17-9-8-16(12-15(17)3)20(24)25-11-10-21(4)5;1-2/h6-9,12,19H,2,10-11,13H2,1,3-5H3;1-2H3/b7-6-;. The zero-order chi connectivity index (χ0) is 21.3. The Bertz CT molecular complexity index is 728. The van der Waals surface area contributed by atoms with Gasteiger partial charge in [-0.05, 0) is 57.3 Å². The number of esters is 1. The van der Waals surface area contributed by atoms with Crippen molar-refractivity contribution in [3.8, 4) is 0 Å². The molecule has 1 aromatic carbocycles. The summed E-state index contributed by atoms with van der Waals surface area (Å²) in [6.45, 7) is 12.9. The minimum absolute atomic E-state index is 0.0510. The number of rotatable bonds is 7. The molecule has 154 valence electrons. The highest BCUT2D eigenvalue weighted by Crippen LogP contribution is 2.36. The zero-order valence-electron chi connectivity index (χ0n) is 17.8. The molecular formula is C22H32N2O3S. The highest BCUT2D eigenvalue weighted by Gasteiger charge is 2.34. The third-order valence-electron chi connectivity index (χ3n) is 4.03. The number of amides is 1. The quantitative estimate of drug-likeness (QED) is 0.501. The molecule has 1 amide bonds. The predicted octanol–water partition coefficient (Wildman–Crippen LogP) is 4.28. The number of benzene rings is 1. The Balaban J connectivity index is 0.00000190. The molecular weight excluding hydrogens is 372 g/mol. The first kappa shape index (κ1) is 24.0. The summed E-state index contributed by atoms with van der Waals surface area (Å²) in [5.41, 5.74) is 3.05. The second kappa shape index (κ2) is 11.7. The molecule has 6 heteroatoms. The first-order valence-corrected chi connectivity index (χ1v) is 10.6. The maximum absolute atomic E-state index is 12.4. The molecule has 0 aliphatic carbocycles. The van der Waals surface area contributed by atoms with E-state index in [2.05, 4.69) is 6.58 Å². The van der Waals surface area contributed by atoms with Gasteiger partial charge in [0.2, 0.25) is 5.91 Å². The number of nitrogens with zero attached hydrogens (tertiary/aromatic N) is 2. The number of carbonyl (C=O) groups is 2. The molecule has 1 aliphatic rings. The van der Waals surface area contributed by atoms with E-state index < -0.39 is 0 Å². The van der Waals surface area contributed by atoms with Crippen molar-refractivity contribution in [2.24, 2.45) is 0 Å². The van der Waals surface area contributed by atoms with Crippen molar-refractivity contribution >= 4 is 29.3 Å². The molecule has 0 radical (unpaired) electrons. The smallest absolute Gasteiger partial charge is 0.338 e. The second-order valence-electron chi connectivity index (χ2n) is 6.44. The van der Waals surface area contributed by atoms with Crippen LogP contribution in [0.25, 0.3) is 0 Å². The lowest BCUT2D eigenvalue weighted by molar-refractivity contribution is -0.115. The molecule has 2 rings (SSSR count). The lowest BCUT2D eigenvalue weighted by Crippen LogP contribution is -2.34. The van der Waals surface area contributed by atoms with Gasteiger partial charge in [-0.15, -0.1) is 11.8 Å². The Morgan fingerprint density at radius 2 is 2.07 bits per heavy atom. The number of ether oxygens (including phenoxy) is 1. The number of carbonyl (C=O) groups excluding carboxylic acids is 2. The fourth-order valence-electron chi connectivity index (χ4n) is 2.71. The highest BCUT2D eigenvalue weighted by atomic mass is 32.2. The fraction of sp³-hybridized carbons (Fsp3) is 0.455. The van der Waals surface area contributed by atoms with Crippen molar-refractivity contribution in [3.05, 3.63) is 53.6 Å². The van der Waals surface area contributed by atoms with Gasteiger partial charge in [-0.25, -0.2) is 4.79 Å². The Hall–Kier alpha value is -2.05. The van der Waals surface area contributed by atoms with Gasteiger partial charge in [0.1, 0.15) is 12.0 Å². The number of aryl methyl sites for hydroxylation is 1. The molecule has 1 aliphatic heterocycles.